The molecule has 0 radical (unpaired) electrons. The van der Waals surface area contributed by atoms with Crippen molar-refractivity contribution in [2.45, 2.75) is 13.8 Å². The summed E-state index contributed by atoms with van der Waals surface area (Å²) in [5, 5.41) is 1.82. The maximum Gasteiger partial charge on any atom is 0.268 e. The Bertz CT molecular complexity index is 323. The van der Waals surface area contributed by atoms with Crippen LogP contribution in [0.15, 0.2) is 12.4 Å². The van der Waals surface area contributed by atoms with Crippen molar-refractivity contribution in [3.63, 3.8) is 0 Å². The van der Waals surface area contributed by atoms with Crippen LogP contribution in [0.4, 0.5) is 0 Å². The predicted octanol–water partition coefficient (Wildman–Crippen LogP) is 1.07. The number of nitrogens with one attached hydrogen (secondary N) is 1. The Labute approximate surface area is 102 Å². The maximum atomic E-state index is 11.6. The Morgan fingerprint density at radius 1 is 1.40 bits per heavy atom. The third-order valence-corrected chi connectivity index (χ3v) is 2.46. The molecule has 5 nitrogen and oxygen atoms in total. The molecule has 0 saturated heterocycles. The molecule has 0 aliphatic rings. The second-order valence-electron chi connectivity index (χ2n) is 2.85. The molecular formula is C9H13IN4O. The summed E-state index contributed by atoms with van der Waals surface area (Å²) in [6.07, 6.45) is 3.04. The number of halogens is 1. The van der Waals surface area contributed by atoms with Gasteiger partial charge in [-0.25, -0.2) is 15.0 Å². The van der Waals surface area contributed by atoms with Gasteiger partial charge in [-0.2, -0.15) is 0 Å². The van der Waals surface area contributed by atoms with E-state index in [1.165, 1.54) is 12.4 Å². The van der Waals surface area contributed by atoms with Gasteiger partial charge in [0, 0.05) is 48.1 Å². The molecule has 0 saturated carbocycles. The number of hydrogen-bond acceptors (Lipinski definition) is 4. The van der Waals surface area contributed by atoms with E-state index in [1.54, 1.807) is 0 Å². The first-order chi connectivity index (χ1) is 7.17. The van der Waals surface area contributed by atoms with Crippen LogP contribution in [0.2, 0.25) is 0 Å². The fourth-order valence-corrected chi connectivity index (χ4v) is 1.30. The second-order valence-corrected chi connectivity index (χ2v) is 3.82. The smallest absolute Gasteiger partial charge is 0.268 e. The van der Waals surface area contributed by atoms with Gasteiger partial charge >= 0.3 is 0 Å². The molecule has 0 aliphatic carbocycles. The van der Waals surface area contributed by atoms with Crippen LogP contribution in [-0.2, 0) is 0 Å². The highest BCUT2D eigenvalue weighted by atomic mass is 127. The monoisotopic (exact) mass is 320 g/mol. The number of hydrazine groups is 1. The Morgan fingerprint density at radius 2 is 1.93 bits per heavy atom. The first kappa shape index (κ1) is 12.3. The Balaban J connectivity index is 2.64. The summed E-state index contributed by atoms with van der Waals surface area (Å²) < 4.78 is 0.631. The van der Waals surface area contributed by atoms with Gasteiger partial charge in [0.2, 0.25) is 0 Å². The quantitative estimate of drug-likeness (QED) is 0.512. The van der Waals surface area contributed by atoms with E-state index in [1.807, 2.05) is 41.4 Å². The molecule has 0 atom stereocenters. The van der Waals surface area contributed by atoms with Crippen molar-refractivity contribution in [1.82, 2.24) is 20.4 Å². The van der Waals surface area contributed by atoms with Crippen molar-refractivity contribution >= 4 is 28.5 Å². The lowest BCUT2D eigenvalue weighted by molar-refractivity contribution is 0.0805. The van der Waals surface area contributed by atoms with Gasteiger partial charge in [0.25, 0.3) is 5.91 Å². The number of carbonyl (C=O) groups excluding carboxylic acids is 1. The molecule has 1 aromatic heterocycles. The van der Waals surface area contributed by atoms with E-state index >= 15 is 0 Å². The number of rotatable bonds is 4. The Morgan fingerprint density at radius 3 is 2.40 bits per heavy atom. The maximum absolute atomic E-state index is 11.6. The lowest BCUT2D eigenvalue weighted by Gasteiger charge is -2.18. The van der Waals surface area contributed by atoms with Crippen LogP contribution in [0.1, 0.15) is 24.2 Å². The van der Waals surface area contributed by atoms with E-state index in [0.29, 0.717) is 9.39 Å². The van der Waals surface area contributed by atoms with E-state index in [2.05, 4.69) is 15.4 Å². The predicted molar refractivity (Wildman–Crippen MR) is 65.1 cm³/mol. The van der Waals surface area contributed by atoms with Crippen LogP contribution in [0.5, 0.6) is 0 Å². The minimum absolute atomic E-state index is 0.171. The Hall–Kier alpha value is -0.760. The van der Waals surface area contributed by atoms with E-state index in [4.69, 9.17) is 0 Å². The summed E-state index contributed by atoms with van der Waals surface area (Å²) in [5.41, 5.74) is 3.24. The molecule has 0 unspecified atom stereocenters. The Kier molecular flexibility index (Phi) is 4.89. The van der Waals surface area contributed by atoms with Gasteiger partial charge in [-0.3, -0.25) is 10.2 Å². The molecule has 1 N–H and O–H groups in total. The fourth-order valence-electron chi connectivity index (χ4n) is 1.02. The minimum Gasteiger partial charge on any atom is -0.285 e. The summed E-state index contributed by atoms with van der Waals surface area (Å²) in [7, 11) is 0. The van der Waals surface area contributed by atoms with Crippen LogP contribution in [0.3, 0.4) is 0 Å². The molecule has 6 heteroatoms. The van der Waals surface area contributed by atoms with Gasteiger partial charge < -0.3 is 0 Å². The highest BCUT2D eigenvalue weighted by Crippen LogP contribution is 1.98. The third-order valence-electron chi connectivity index (χ3n) is 1.91. The number of aromatic nitrogens is 2. The zero-order valence-corrected chi connectivity index (χ0v) is 10.9. The highest BCUT2D eigenvalue weighted by molar-refractivity contribution is 14.1. The number of amides is 1. The van der Waals surface area contributed by atoms with E-state index in [9.17, 15) is 4.79 Å². The molecule has 0 spiro atoms. The number of hydrogen-bond donors (Lipinski definition) is 1. The largest absolute Gasteiger partial charge is 0.285 e. The van der Waals surface area contributed by atoms with Crippen LogP contribution in [0, 0.1) is 3.83 Å². The molecule has 0 aliphatic heterocycles. The van der Waals surface area contributed by atoms with E-state index in [0.717, 1.165) is 13.1 Å². The molecular weight excluding hydrogens is 307 g/mol. The molecule has 0 bridgehead atoms. The van der Waals surface area contributed by atoms with E-state index < -0.39 is 0 Å². The van der Waals surface area contributed by atoms with Crippen molar-refractivity contribution in [3.05, 3.63) is 21.8 Å². The molecule has 0 aromatic carbocycles. The molecule has 82 valence electrons. The van der Waals surface area contributed by atoms with Crippen LogP contribution >= 0.6 is 22.6 Å². The molecule has 0 fully saturated rings. The lowest BCUT2D eigenvalue weighted by atomic mass is 10.3. The van der Waals surface area contributed by atoms with Crippen molar-refractivity contribution in [2.75, 3.05) is 13.1 Å². The van der Waals surface area contributed by atoms with Gasteiger partial charge in [0.15, 0.2) is 3.83 Å². The fraction of sp³-hybridized carbons (Fsp3) is 0.444. The topological polar surface area (TPSA) is 58.1 Å². The first-order valence-electron chi connectivity index (χ1n) is 4.70. The molecule has 1 heterocycles. The zero-order valence-electron chi connectivity index (χ0n) is 8.70. The van der Waals surface area contributed by atoms with Gasteiger partial charge in [-0.1, -0.05) is 13.8 Å². The highest BCUT2D eigenvalue weighted by Gasteiger charge is 2.09. The summed E-state index contributed by atoms with van der Waals surface area (Å²) >= 11 is 2.00. The van der Waals surface area contributed by atoms with Crippen molar-refractivity contribution < 1.29 is 4.79 Å². The minimum atomic E-state index is -0.171. The lowest BCUT2D eigenvalue weighted by Crippen LogP contribution is -2.41. The SMILES string of the molecule is CCN(CC)NC(=O)c1cnc(I)nc1. The average Bonchev–Trinajstić information content (AvgIpc) is 2.26. The summed E-state index contributed by atoms with van der Waals surface area (Å²) in [5.74, 6) is -0.171. The average molecular weight is 320 g/mol. The van der Waals surface area contributed by atoms with Crippen LogP contribution in [0.25, 0.3) is 0 Å². The second kappa shape index (κ2) is 5.96. The molecule has 1 rings (SSSR count). The summed E-state index contributed by atoms with van der Waals surface area (Å²) in [6.45, 7) is 5.50. The van der Waals surface area contributed by atoms with Gasteiger partial charge in [0.1, 0.15) is 0 Å². The molecule has 1 amide bonds. The van der Waals surface area contributed by atoms with Crippen molar-refractivity contribution in [1.29, 1.82) is 0 Å². The first-order valence-corrected chi connectivity index (χ1v) is 5.78. The molecule has 1 aromatic rings. The third kappa shape index (κ3) is 3.71. The van der Waals surface area contributed by atoms with Crippen molar-refractivity contribution in [2.24, 2.45) is 0 Å². The van der Waals surface area contributed by atoms with Gasteiger partial charge in [0.05, 0.1) is 5.56 Å². The normalized spacial score (nSPS) is 10.4. The zero-order chi connectivity index (χ0) is 11.3. The summed E-state index contributed by atoms with van der Waals surface area (Å²) in [6, 6.07) is 0. The van der Waals surface area contributed by atoms with Crippen molar-refractivity contribution in [3.8, 4) is 0 Å². The standard InChI is InChI=1S/C9H13IN4O/c1-3-14(4-2)13-8(15)7-5-11-9(10)12-6-7/h5-6H,3-4H2,1-2H3,(H,13,15). The molecule has 15 heavy (non-hydrogen) atoms. The summed E-state index contributed by atoms with van der Waals surface area (Å²) in [4.78, 5) is 19.6. The number of nitrogens with zero attached hydrogens (tertiary/aromatic N) is 3. The van der Waals surface area contributed by atoms with E-state index in [-0.39, 0.29) is 5.91 Å². The van der Waals surface area contributed by atoms with Crippen LogP contribution in [-0.4, -0.2) is 34.0 Å². The van der Waals surface area contributed by atoms with Crippen LogP contribution < -0.4 is 5.43 Å². The van der Waals surface area contributed by atoms with Gasteiger partial charge in [-0.15, -0.1) is 0 Å². The van der Waals surface area contributed by atoms with Gasteiger partial charge in [-0.05, 0) is 0 Å². The number of carbonyl (C=O) groups is 1.